The van der Waals surface area contributed by atoms with Crippen LogP contribution < -0.4 is 10.6 Å². The maximum Gasteiger partial charge on any atom is 0.326 e. The first-order valence-electron chi connectivity index (χ1n) is 6.41. The molecule has 2 atom stereocenters. The van der Waals surface area contributed by atoms with Gasteiger partial charge < -0.3 is 15.7 Å². The topological polar surface area (TPSA) is 78.4 Å². The van der Waals surface area contributed by atoms with Gasteiger partial charge in [-0.3, -0.25) is 4.79 Å². The Bertz CT molecular complexity index is 328. The Kier molecular flexibility index (Phi) is 4.37. The third kappa shape index (κ3) is 3.45. The summed E-state index contributed by atoms with van der Waals surface area (Å²) < 4.78 is 0. The first-order valence-corrected chi connectivity index (χ1v) is 6.41. The van der Waals surface area contributed by atoms with Crippen LogP contribution in [0.1, 0.15) is 40.5 Å². The minimum absolute atomic E-state index is 0.169. The predicted molar refractivity (Wildman–Crippen MR) is 69.2 cm³/mol. The van der Waals surface area contributed by atoms with Crippen LogP contribution in [0.4, 0.5) is 0 Å². The monoisotopic (exact) mass is 256 g/mol. The van der Waals surface area contributed by atoms with E-state index in [1.54, 1.807) is 0 Å². The molecule has 0 saturated carbocycles. The molecule has 3 N–H and O–H groups in total. The molecule has 18 heavy (non-hydrogen) atoms. The molecule has 0 bridgehead atoms. The highest BCUT2D eigenvalue weighted by Gasteiger charge is 2.39. The van der Waals surface area contributed by atoms with E-state index in [-0.39, 0.29) is 5.91 Å². The van der Waals surface area contributed by atoms with E-state index in [1.165, 1.54) is 0 Å². The maximum atomic E-state index is 12.3. The number of carbonyl (C=O) groups excluding carboxylic acids is 1. The van der Waals surface area contributed by atoms with Crippen molar-refractivity contribution in [1.29, 1.82) is 0 Å². The number of carboxylic acids is 1. The molecule has 1 aliphatic rings. The second-order valence-corrected chi connectivity index (χ2v) is 6.45. The van der Waals surface area contributed by atoms with E-state index in [1.807, 2.05) is 27.7 Å². The molecule has 104 valence electrons. The van der Waals surface area contributed by atoms with Crippen LogP contribution in [0.15, 0.2) is 0 Å². The van der Waals surface area contributed by atoms with E-state index in [4.69, 9.17) is 0 Å². The Morgan fingerprint density at radius 3 is 2.39 bits per heavy atom. The quantitative estimate of drug-likeness (QED) is 0.703. The Morgan fingerprint density at radius 2 is 2.00 bits per heavy atom. The van der Waals surface area contributed by atoms with Crippen molar-refractivity contribution in [2.24, 2.45) is 10.8 Å². The van der Waals surface area contributed by atoms with Crippen molar-refractivity contribution in [2.45, 2.75) is 46.6 Å². The van der Waals surface area contributed by atoms with Crippen molar-refractivity contribution < 1.29 is 14.7 Å². The number of amides is 1. The highest BCUT2D eigenvalue weighted by molar-refractivity contribution is 5.87. The van der Waals surface area contributed by atoms with Gasteiger partial charge in [-0.25, -0.2) is 4.79 Å². The van der Waals surface area contributed by atoms with Gasteiger partial charge in [0.2, 0.25) is 5.91 Å². The van der Waals surface area contributed by atoms with Crippen LogP contribution >= 0.6 is 0 Å². The van der Waals surface area contributed by atoms with Gasteiger partial charge in [0.1, 0.15) is 6.04 Å². The van der Waals surface area contributed by atoms with Crippen LogP contribution in [0, 0.1) is 10.8 Å². The fraction of sp³-hybridized carbons (Fsp3) is 0.846. The van der Waals surface area contributed by atoms with Crippen LogP contribution in [0.25, 0.3) is 0 Å². The second-order valence-electron chi connectivity index (χ2n) is 6.45. The van der Waals surface area contributed by atoms with Crippen LogP contribution in [0.2, 0.25) is 0 Å². The van der Waals surface area contributed by atoms with Gasteiger partial charge in [-0.1, -0.05) is 20.8 Å². The normalized spacial score (nSPS) is 26.4. The molecular weight excluding hydrogens is 232 g/mol. The van der Waals surface area contributed by atoms with E-state index in [9.17, 15) is 14.7 Å². The van der Waals surface area contributed by atoms with Crippen molar-refractivity contribution in [3.8, 4) is 0 Å². The third-order valence-electron chi connectivity index (χ3n) is 3.53. The average molecular weight is 256 g/mol. The van der Waals surface area contributed by atoms with Gasteiger partial charge >= 0.3 is 5.97 Å². The lowest BCUT2D eigenvalue weighted by atomic mass is 9.80. The van der Waals surface area contributed by atoms with Crippen molar-refractivity contribution in [3.05, 3.63) is 0 Å². The van der Waals surface area contributed by atoms with E-state index in [0.717, 1.165) is 19.4 Å². The van der Waals surface area contributed by atoms with Crippen LogP contribution in [-0.4, -0.2) is 36.1 Å². The van der Waals surface area contributed by atoms with Gasteiger partial charge in [-0.15, -0.1) is 0 Å². The number of rotatable bonds is 3. The summed E-state index contributed by atoms with van der Waals surface area (Å²) in [6.45, 7) is 8.85. The molecule has 0 spiro atoms. The highest BCUT2D eigenvalue weighted by Crippen LogP contribution is 2.27. The molecule has 0 aliphatic carbocycles. The van der Waals surface area contributed by atoms with E-state index in [2.05, 4.69) is 10.6 Å². The third-order valence-corrected chi connectivity index (χ3v) is 3.53. The molecule has 5 nitrogen and oxygen atoms in total. The lowest BCUT2D eigenvalue weighted by Gasteiger charge is -2.36. The zero-order valence-electron chi connectivity index (χ0n) is 11.7. The van der Waals surface area contributed by atoms with Crippen molar-refractivity contribution in [2.75, 3.05) is 13.1 Å². The summed E-state index contributed by atoms with van der Waals surface area (Å²) in [4.78, 5) is 23.5. The summed E-state index contributed by atoms with van der Waals surface area (Å²) in [5, 5.41) is 15.1. The Hall–Kier alpha value is -1.10. The summed E-state index contributed by atoms with van der Waals surface area (Å²) in [5.74, 6) is -1.15. The number of hydrogen-bond acceptors (Lipinski definition) is 3. The zero-order chi connectivity index (χ0) is 14.0. The molecule has 0 aromatic rings. The fourth-order valence-electron chi connectivity index (χ4n) is 2.20. The summed E-state index contributed by atoms with van der Waals surface area (Å²) in [6.07, 6.45) is 1.74. The molecular formula is C13H24N2O3. The lowest BCUT2D eigenvalue weighted by molar-refractivity contribution is -0.147. The van der Waals surface area contributed by atoms with Gasteiger partial charge in [0.05, 0.1) is 5.41 Å². The fourth-order valence-corrected chi connectivity index (χ4v) is 2.20. The highest BCUT2D eigenvalue weighted by atomic mass is 16.4. The smallest absolute Gasteiger partial charge is 0.326 e. The van der Waals surface area contributed by atoms with Crippen molar-refractivity contribution in [1.82, 2.24) is 10.6 Å². The molecule has 1 fully saturated rings. The molecule has 0 aromatic carbocycles. The van der Waals surface area contributed by atoms with E-state index < -0.39 is 22.8 Å². The number of hydrogen-bond donors (Lipinski definition) is 3. The van der Waals surface area contributed by atoms with E-state index in [0.29, 0.717) is 6.54 Å². The number of carbonyl (C=O) groups is 2. The van der Waals surface area contributed by atoms with Gasteiger partial charge in [0.25, 0.3) is 0 Å². The molecule has 1 rings (SSSR count). The molecule has 1 amide bonds. The van der Waals surface area contributed by atoms with Gasteiger partial charge in [-0.05, 0) is 31.7 Å². The summed E-state index contributed by atoms with van der Waals surface area (Å²) in [6, 6.07) is -0.858. The number of nitrogens with one attached hydrogen (secondary N) is 2. The minimum Gasteiger partial charge on any atom is -0.480 e. The van der Waals surface area contributed by atoms with Crippen molar-refractivity contribution >= 4 is 11.9 Å². The SMILES string of the molecule is CC1(C(=O)NC(C(=O)O)C(C)(C)C)CCCNC1. The molecule has 1 saturated heterocycles. The lowest BCUT2D eigenvalue weighted by Crippen LogP contribution is -2.56. The van der Waals surface area contributed by atoms with Gasteiger partial charge in [-0.2, -0.15) is 0 Å². The van der Waals surface area contributed by atoms with Crippen molar-refractivity contribution in [3.63, 3.8) is 0 Å². The second kappa shape index (κ2) is 5.26. The van der Waals surface area contributed by atoms with Gasteiger partial charge in [0, 0.05) is 6.54 Å². The molecule has 0 radical (unpaired) electrons. The standard InChI is InChI=1S/C13H24N2O3/c1-12(2,3)9(10(16)17)15-11(18)13(4)6-5-7-14-8-13/h9,14H,5-8H2,1-4H3,(H,15,18)(H,16,17). The number of carboxylic acid groups (broad SMARTS) is 1. The number of piperidine rings is 1. The first kappa shape index (κ1) is 15.0. The predicted octanol–water partition coefficient (Wildman–Crippen LogP) is 0.992. The largest absolute Gasteiger partial charge is 0.480 e. The molecule has 5 heteroatoms. The van der Waals surface area contributed by atoms with Gasteiger partial charge in [0.15, 0.2) is 0 Å². The maximum absolute atomic E-state index is 12.3. The summed E-state index contributed by atoms with van der Waals surface area (Å²) in [7, 11) is 0. The summed E-state index contributed by atoms with van der Waals surface area (Å²) in [5.41, 5.74) is -1.00. The minimum atomic E-state index is -0.983. The van der Waals surface area contributed by atoms with Crippen LogP contribution in [0.5, 0.6) is 0 Å². The Balaban J connectivity index is 2.75. The number of aliphatic carboxylic acids is 1. The molecule has 1 heterocycles. The molecule has 2 unspecified atom stereocenters. The van der Waals surface area contributed by atoms with Crippen LogP contribution in [0.3, 0.4) is 0 Å². The van der Waals surface area contributed by atoms with Crippen LogP contribution in [-0.2, 0) is 9.59 Å². The zero-order valence-corrected chi connectivity index (χ0v) is 11.7. The average Bonchev–Trinajstić information content (AvgIpc) is 2.24. The summed E-state index contributed by atoms with van der Waals surface area (Å²) >= 11 is 0. The molecule has 0 aromatic heterocycles. The Labute approximate surface area is 108 Å². The Morgan fingerprint density at radius 1 is 1.39 bits per heavy atom. The molecule has 1 aliphatic heterocycles. The first-order chi connectivity index (χ1) is 8.17. The van der Waals surface area contributed by atoms with E-state index >= 15 is 0 Å².